The van der Waals surface area contributed by atoms with Gasteiger partial charge in [-0.05, 0) is 58.8 Å². The van der Waals surface area contributed by atoms with E-state index in [1.807, 2.05) is 36.4 Å². The third kappa shape index (κ3) is 4.80. The Morgan fingerprint density at radius 1 is 1.06 bits per heavy atom. The van der Waals surface area contributed by atoms with E-state index < -0.39 is 0 Å². The smallest absolute Gasteiger partial charge is 0.293 e. The quantitative estimate of drug-likeness (QED) is 0.255. The average molecular weight is 486 g/mol. The normalized spacial score (nSPS) is 15.2. The first-order chi connectivity index (χ1) is 15.5. The topological polar surface area (TPSA) is 46.6 Å². The van der Waals surface area contributed by atoms with Gasteiger partial charge in [0.2, 0.25) is 0 Å². The number of rotatable bonds is 7. The van der Waals surface area contributed by atoms with E-state index in [0.29, 0.717) is 32.9 Å². The molecule has 0 aliphatic carbocycles. The average Bonchev–Trinajstić information content (AvgIpc) is 3.04. The molecule has 2 amide bonds. The Morgan fingerprint density at radius 2 is 1.88 bits per heavy atom. The minimum atomic E-state index is -0.349. The number of hydrogen-bond acceptors (Lipinski definition) is 4. The van der Waals surface area contributed by atoms with E-state index in [2.05, 4.69) is 6.92 Å². The molecule has 7 heteroatoms. The van der Waals surface area contributed by atoms with Gasteiger partial charge in [-0.15, -0.1) is 0 Å². The Hall–Kier alpha value is -2.47. The highest BCUT2D eigenvalue weighted by Gasteiger charge is 2.35. The number of imide groups is 1. The molecule has 0 aromatic heterocycles. The summed E-state index contributed by atoms with van der Waals surface area (Å²) in [6, 6.07) is 16.8. The van der Waals surface area contributed by atoms with Gasteiger partial charge in [0.1, 0.15) is 5.75 Å². The summed E-state index contributed by atoms with van der Waals surface area (Å²) in [6.07, 6.45) is 3.72. The lowest BCUT2D eigenvalue weighted by molar-refractivity contribution is -0.123. The standard InChI is InChI=1S/C25H21Cl2NO3S/c1-2-3-12-31-22-11-9-16-6-4-5-7-19(16)20(22)14-23-24(29)28(25(30)32-23)15-17-8-10-18(26)13-21(17)27/h4-11,13-14H,2-3,12,15H2,1H3/b23-14-. The van der Waals surface area contributed by atoms with Crippen molar-refractivity contribution in [3.05, 3.63) is 80.7 Å². The Balaban J connectivity index is 1.68. The van der Waals surface area contributed by atoms with Crippen LogP contribution in [0.15, 0.2) is 59.5 Å². The predicted molar refractivity (Wildman–Crippen MR) is 132 cm³/mol. The van der Waals surface area contributed by atoms with E-state index in [1.54, 1.807) is 24.3 Å². The molecule has 0 unspecified atom stereocenters. The van der Waals surface area contributed by atoms with Gasteiger partial charge in [-0.2, -0.15) is 0 Å². The maximum Gasteiger partial charge on any atom is 0.293 e. The van der Waals surface area contributed by atoms with E-state index in [9.17, 15) is 9.59 Å². The number of halogens is 2. The molecule has 4 rings (SSSR count). The van der Waals surface area contributed by atoms with Crippen LogP contribution in [0.1, 0.15) is 30.9 Å². The zero-order valence-electron chi connectivity index (χ0n) is 17.4. The van der Waals surface area contributed by atoms with Gasteiger partial charge in [0.15, 0.2) is 0 Å². The van der Waals surface area contributed by atoms with E-state index in [1.165, 1.54) is 4.90 Å². The largest absolute Gasteiger partial charge is 0.493 e. The molecular weight excluding hydrogens is 465 g/mol. The van der Waals surface area contributed by atoms with Crippen molar-refractivity contribution >= 4 is 63.0 Å². The minimum Gasteiger partial charge on any atom is -0.493 e. The molecule has 0 bridgehead atoms. The van der Waals surface area contributed by atoms with E-state index in [4.69, 9.17) is 27.9 Å². The summed E-state index contributed by atoms with van der Waals surface area (Å²) < 4.78 is 6.01. The monoisotopic (exact) mass is 485 g/mol. The van der Waals surface area contributed by atoms with Crippen molar-refractivity contribution in [1.82, 2.24) is 4.90 Å². The first-order valence-electron chi connectivity index (χ1n) is 10.3. The van der Waals surface area contributed by atoms with Crippen LogP contribution in [-0.2, 0) is 11.3 Å². The number of ether oxygens (including phenoxy) is 1. The molecule has 0 spiro atoms. The Morgan fingerprint density at radius 3 is 2.66 bits per heavy atom. The van der Waals surface area contributed by atoms with E-state index in [0.717, 1.165) is 40.9 Å². The number of carbonyl (C=O) groups excluding carboxylic acids is 2. The summed E-state index contributed by atoms with van der Waals surface area (Å²) >= 11 is 13.1. The van der Waals surface area contributed by atoms with E-state index in [-0.39, 0.29) is 17.7 Å². The third-order valence-electron chi connectivity index (χ3n) is 5.18. The fourth-order valence-corrected chi connectivity index (χ4v) is 4.75. The molecule has 0 atom stereocenters. The lowest BCUT2D eigenvalue weighted by atomic mass is 10.0. The van der Waals surface area contributed by atoms with Crippen LogP contribution in [0.25, 0.3) is 16.8 Å². The van der Waals surface area contributed by atoms with Crippen molar-refractivity contribution in [2.75, 3.05) is 6.61 Å². The third-order valence-corrected chi connectivity index (χ3v) is 6.67. The van der Waals surface area contributed by atoms with Crippen molar-refractivity contribution in [2.24, 2.45) is 0 Å². The van der Waals surface area contributed by atoms with Gasteiger partial charge in [-0.3, -0.25) is 14.5 Å². The van der Waals surface area contributed by atoms with Gasteiger partial charge in [0, 0.05) is 15.6 Å². The Bertz CT molecular complexity index is 1230. The molecule has 32 heavy (non-hydrogen) atoms. The second-order valence-corrected chi connectivity index (χ2v) is 9.24. The summed E-state index contributed by atoms with van der Waals surface area (Å²) in [6.45, 7) is 2.78. The van der Waals surface area contributed by atoms with Crippen LogP contribution < -0.4 is 4.74 Å². The summed E-state index contributed by atoms with van der Waals surface area (Å²) in [5, 5.41) is 2.59. The first-order valence-corrected chi connectivity index (χ1v) is 11.9. The maximum absolute atomic E-state index is 13.1. The number of thioether (sulfide) groups is 1. The second-order valence-electron chi connectivity index (χ2n) is 7.40. The number of benzene rings is 3. The number of carbonyl (C=O) groups is 2. The lowest BCUT2D eigenvalue weighted by Gasteiger charge is -2.14. The molecule has 0 N–H and O–H groups in total. The fraction of sp³-hybridized carbons (Fsp3) is 0.200. The van der Waals surface area contributed by atoms with Gasteiger partial charge in [0.25, 0.3) is 11.1 Å². The van der Waals surface area contributed by atoms with Gasteiger partial charge in [-0.25, -0.2) is 0 Å². The molecule has 1 heterocycles. The van der Waals surface area contributed by atoms with Crippen molar-refractivity contribution in [1.29, 1.82) is 0 Å². The molecule has 0 saturated carbocycles. The molecule has 3 aromatic carbocycles. The van der Waals surface area contributed by atoms with Crippen LogP contribution in [0.3, 0.4) is 0 Å². The molecule has 1 fully saturated rings. The summed E-state index contributed by atoms with van der Waals surface area (Å²) in [4.78, 5) is 27.3. The van der Waals surface area contributed by atoms with Gasteiger partial charge >= 0.3 is 0 Å². The molecule has 3 aromatic rings. The molecular formula is C25H21Cl2NO3S. The Labute approximate surface area is 201 Å². The van der Waals surface area contributed by atoms with Crippen LogP contribution in [-0.4, -0.2) is 22.7 Å². The summed E-state index contributed by atoms with van der Waals surface area (Å²) in [7, 11) is 0. The number of nitrogens with zero attached hydrogens (tertiary/aromatic N) is 1. The van der Waals surface area contributed by atoms with Crippen molar-refractivity contribution in [2.45, 2.75) is 26.3 Å². The summed E-state index contributed by atoms with van der Waals surface area (Å²) in [5.74, 6) is 0.350. The second kappa shape index (κ2) is 9.99. The number of unbranched alkanes of at least 4 members (excludes halogenated alkanes) is 1. The number of hydrogen-bond donors (Lipinski definition) is 0. The summed E-state index contributed by atoms with van der Waals surface area (Å²) in [5.41, 5.74) is 1.46. The molecule has 4 nitrogen and oxygen atoms in total. The predicted octanol–water partition coefficient (Wildman–Crippen LogP) is 7.56. The SMILES string of the molecule is CCCCOc1ccc2ccccc2c1/C=C1\SC(=O)N(Cc2ccc(Cl)cc2Cl)C1=O. The zero-order valence-corrected chi connectivity index (χ0v) is 19.8. The molecule has 1 aliphatic rings. The fourth-order valence-electron chi connectivity index (χ4n) is 3.46. The first kappa shape index (κ1) is 22.7. The van der Waals surface area contributed by atoms with Crippen LogP contribution in [0.4, 0.5) is 4.79 Å². The van der Waals surface area contributed by atoms with Crippen LogP contribution >= 0.6 is 35.0 Å². The van der Waals surface area contributed by atoms with Gasteiger partial charge < -0.3 is 4.74 Å². The van der Waals surface area contributed by atoms with Crippen LogP contribution in [0.2, 0.25) is 10.0 Å². The van der Waals surface area contributed by atoms with Crippen molar-refractivity contribution in [3.8, 4) is 5.75 Å². The van der Waals surface area contributed by atoms with Crippen LogP contribution in [0.5, 0.6) is 5.75 Å². The van der Waals surface area contributed by atoms with Gasteiger partial charge in [0.05, 0.1) is 18.1 Å². The number of amides is 2. The highest BCUT2D eigenvalue weighted by molar-refractivity contribution is 8.18. The molecule has 1 saturated heterocycles. The molecule has 1 aliphatic heterocycles. The van der Waals surface area contributed by atoms with Crippen LogP contribution in [0, 0.1) is 0 Å². The highest BCUT2D eigenvalue weighted by Crippen LogP contribution is 2.38. The van der Waals surface area contributed by atoms with E-state index >= 15 is 0 Å². The lowest BCUT2D eigenvalue weighted by Crippen LogP contribution is -2.27. The van der Waals surface area contributed by atoms with Crippen molar-refractivity contribution < 1.29 is 14.3 Å². The maximum atomic E-state index is 13.1. The Kier molecular flexibility index (Phi) is 7.09. The minimum absolute atomic E-state index is 0.0907. The highest BCUT2D eigenvalue weighted by atomic mass is 35.5. The number of fused-ring (bicyclic) bond motifs is 1. The van der Waals surface area contributed by atoms with Gasteiger partial charge in [-0.1, -0.05) is 72.9 Å². The van der Waals surface area contributed by atoms with Crippen molar-refractivity contribution in [3.63, 3.8) is 0 Å². The molecule has 164 valence electrons. The zero-order chi connectivity index (χ0) is 22.7. The molecule has 0 radical (unpaired) electrons.